The molecule has 0 atom stereocenters. The molecule has 1 N–H and O–H groups in total. The Hall–Kier alpha value is -1.81. The first kappa shape index (κ1) is 21.5. The molecule has 0 spiro atoms. The van der Waals surface area contributed by atoms with E-state index in [2.05, 4.69) is 79.3 Å². The third-order valence-electron chi connectivity index (χ3n) is 4.69. The number of benzene rings is 2. The fraction of sp³-hybridized carbons (Fsp3) is 0.435. The molecule has 3 nitrogen and oxygen atoms in total. The smallest absolute Gasteiger partial charge is 0.224 e. The van der Waals surface area contributed by atoms with Crippen LogP contribution in [0, 0.1) is 0 Å². The molecular formula is C23H30BrNO2. The minimum absolute atomic E-state index is 0.0448. The van der Waals surface area contributed by atoms with E-state index in [0.717, 1.165) is 28.8 Å². The lowest BCUT2D eigenvalue weighted by molar-refractivity contribution is -0.116. The van der Waals surface area contributed by atoms with Crippen molar-refractivity contribution in [1.82, 2.24) is 0 Å². The lowest BCUT2D eigenvalue weighted by Gasteiger charge is -2.15. The van der Waals surface area contributed by atoms with E-state index in [0.29, 0.717) is 25.4 Å². The van der Waals surface area contributed by atoms with Crippen LogP contribution in [0.3, 0.4) is 0 Å². The van der Waals surface area contributed by atoms with Gasteiger partial charge in [0.15, 0.2) is 0 Å². The summed E-state index contributed by atoms with van der Waals surface area (Å²) in [5.41, 5.74) is 4.64. The number of aryl methyl sites for hydroxylation is 2. The van der Waals surface area contributed by atoms with Gasteiger partial charge in [0.2, 0.25) is 5.91 Å². The van der Waals surface area contributed by atoms with E-state index in [1.54, 1.807) is 0 Å². The number of rotatable bonds is 9. The first-order chi connectivity index (χ1) is 13.0. The Morgan fingerprint density at radius 1 is 1.11 bits per heavy atom. The third-order valence-corrected chi connectivity index (χ3v) is 5.31. The largest absolute Gasteiger partial charge is 0.492 e. The second-order valence-electron chi connectivity index (χ2n) is 7.00. The Labute approximate surface area is 171 Å². The van der Waals surface area contributed by atoms with Crippen molar-refractivity contribution in [3.05, 3.63) is 57.6 Å². The van der Waals surface area contributed by atoms with Crippen molar-refractivity contribution in [3.8, 4) is 5.75 Å². The maximum Gasteiger partial charge on any atom is 0.224 e. The summed E-state index contributed by atoms with van der Waals surface area (Å²) in [6.07, 6.45) is 2.95. The number of carbonyl (C=O) groups excluding carboxylic acids is 1. The lowest BCUT2D eigenvalue weighted by Crippen LogP contribution is -2.15. The van der Waals surface area contributed by atoms with Gasteiger partial charge in [-0.2, -0.15) is 0 Å². The zero-order chi connectivity index (χ0) is 19.8. The molecule has 4 heteroatoms. The summed E-state index contributed by atoms with van der Waals surface area (Å²) in [4.78, 5) is 12.4. The van der Waals surface area contributed by atoms with Gasteiger partial charge in [0.25, 0.3) is 0 Å². The van der Waals surface area contributed by atoms with Crippen molar-refractivity contribution in [2.24, 2.45) is 0 Å². The Morgan fingerprint density at radius 2 is 1.78 bits per heavy atom. The van der Waals surface area contributed by atoms with Gasteiger partial charge in [0.05, 0.1) is 11.1 Å². The molecule has 1 amide bonds. The van der Waals surface area contributed by atoms with Crippen LogP contribution in [-0.2, 0) is 17.6 Å². The molecule has 0 aliphatic rings. The molecule has 0 saturated carbocycles. The number of amides is 1. The Balaban J connectivity index is 1.85. The van der Waals surface area contributed by atoms with Gasteiger partial charge in [0.1, 0.15) is 5.75 Å². The predicted octanol–water partition coefficient (Wildman–Crippen LogP) is 6.50. The molecule has 2 rings (SSSR count). The molecule has 2 aromatic carbocycles. The quantitative estimate of drug-likeness (QED) is 0.460. The summed E-state index contributed by atoms with van der Waals surface area (Å²) in [7, 11) is 0. The van der Waals surface area contributed by atoms with Gasteiger partial charge in [-0.15, -0.1) is 0 Å². The molecule has 0 saturated heterocycles. The van der Waals surface area contributed by atoms with Gasteiger partial charge >= 0.3 is 0 Å². The molecule has 0 heterocycles. The van der Waals surface area contributed by atoms with Crippen LogP contribution in [0.15, 0.2) is 40.9 Å². The molecule has 0 fully saturated rings. The summed E-state index contributed by atoms with van der Waals surface area (Å²) in [5, 5.41) is 3.11. The van der Waals surface area contributed by atoms with E-state index < -0.39 is 0 Å². The van der Waals surface area contributed by atoms with Crippen LogP contribution >= 0.6 is 15.9 Å². The van der Waals surface area contributed by atoms with Gasteiger partial charge in [-0.25, -0.2) is 0 Å². The molecule has 146 valence electrons. The Morgan fingerprint density at radius 3 is 2.33 bits per heavy atom. The topological polar surface area (TPSA) is 38.3 Å². The molecule has 0 unspecified atom stereocenters. The number of hydrogen-bond donors (Lipinski definition) is 1. The maximum atomic E-state index is 12.4. The maximum absolute atomic E-state index is 12.4. The fourth-order valence-corrected chi connectivity index (χ4v) is 3.52. The van der Waals surface area contributed by atoms with E-state index in [4.69, 9.17) is 4.74 Å². The van der Waals surface area contributed by atoms with E-state index in [1.165, 1.54) is 16.7 Å². The first-order valence-corrected chi connectivity index (χ1v) is 10.6. The van der Waals surface area contributed by atoms with Crippen molar-refractivity contribution >= 4 is 27.5 Å². The summed E-state index contributed by atoms with van der Waals surface area (Å²) in [6, 6.07) is 12.4. The molecule has 2 aromatic rings. The molecule has 0 aromatic heterocycles. The van der Waals surface area contributed by atoms with Crippen LogP contribution < -0.4 is 10.1 Å². The summed E-state index contributed by atoms with van der Waals surface area (Å²) in [6.45, 7) is 9.08. The summed E-state index contributed by atoms with van der Waals surface area (Å²) < 4.78 is 6.80. The van der Waals surface area contributed by atoms with Gasteiger partial charge in [-0.3, -0.25) is 4.79 Å². The van der Waals surface area contributed by atoms with E-state index in [-0.39, 0.29) is 5.91 Å². The highest BCUT2D eigenvalue weighted by atomic mass is 79.9. The average molecular weight is 432 g/mol. The van der Waals surface area contributed by atoms with Crippen LogP contribution in [0.5, 0.6) is 5.75 Å². The van der Waals surface area contributed by atoms with Gasteiger partial charge in [-0.05, 0) is 69.9 Å². The normalized spacial score (nSPS) is 10.9. The monoisotopic (exact) mass is 431 g/mol. The van der Waals surface area contributed by atoms with Crippen LogP contribution in [0.4, 0.5) is 5.69 Å². The Kier molecular flexibility index (Phi) is 8.36. The highest BCUT2D eigenvalue weighted by Gasteiger charge is 2.10. The SMILES string of the molecule is CCc1cccc(CC)c1NC(=O)CCCOc1ccc(C(C)C)cc1Br. The zero-order valence-corrected chi connectivity index (χ0v) is 18.4. The van der Waals surface area contributed by atoms with Crippen LogP contribution in [0.2, 0.25) is 0 Å². The van der Waals surface area contributed by atoms with Crippen molar-refractivity contribution < 1.29 is 9.53 Å². The van der Waals surface area contributed by atoms with Gasteiger partial charge < -0.3 is 10.1 Å². The van der Waals surface area contributed by atoms with Crippen molar-refractivity contribution in [3.63, 3.8) is 0 Å². The molecule has 0 aliphatic heterocycles. The molecular weight excluding hydrogens is 402 g/mol. The fourth-order valence-electron chi connectivity index (χ4n) is 3.01. The summed E-state index contributed by atoms with van der Waals surface area (Å²) in [5.74, 6) is 1.35. The van der Waals surface area contributed by atoms with E-state index >= 15 is 0 Å². The van der Waals surface area contributed by atoms with E-state index in [1.807, 2.05) is 6.07 Å². The molecule has 0 bridgehead atoms. The second kappa shape index (κ2) is 10.5. The molecule has 0 aliphatic carbocycles. The van der Waals surface area contributed by atoms with Crippen LogP contribution in [0.1, 0.15) is 63.1 Å². The minimum Gasteiger partial charge on any atom is -0.492 e. The second-order valence-corrected chi connectivity index (χ2v) is 7.86. The van der Waals surface area contributed by atoms with Gasteiger partial charge in [0, 0.05) is 12.1 Å². The van der Waals surface area contributed by atoms with Crippen LogP contribution in [-0.4, -0.2) is 12.5 Å². The minimum atomic E-state index is 0.0448. The molecule has 0 radical (unpaired) electrons. The van der Waals surface area contributed by atoms with Crippen molar-refractivity contribution in [1.29, 1.82) is 0 Å². The average Bonchev–Trinajstić information content (AvgIpc) is 2.66. The number of halogens is 1. The number of para-hydroxylation sites is 1. The highest BCUT2D eigenvalue weighted by molar-refractivity contribution is 9.10. The van der Waals surface area contributed by atoms with Crippen molar-refractivity contribution in [2.45, 2.75) is 59.3 Å². The van der Waals surface area contributed by atoms with Gasteiger partial charge in [-0.1, -0.05) is 52.0 Å². The zero-order valence-electron chi connectivity index (χ0n) is 16.8. The van der Waals surface area contributed by atoms with E-state index in [9.17, 15) is 4.79 Å². The number of ether oxygens (including phenoxy) is 1. The predicted molar refractivity (Wildman–Crippen MR) is 117 cm³/mol. The standard InChI is InChI=1S/C23H30BrNO2/c1-5-17-9-7-10-18(6-2)23(17)25-22(26)11-8-14-27-21-13-12-19(16(3)4)15-20(21)24/h7,9-10,12-13,15-16H,5-6,8,11,14H2,1-4H3,(H,25,26). The highest BCUT2D eigenvalue weighted by Crippen LogP contribution is 2.29. The lowest BCUT2D eigenvalue weighted by atomic mass is 10.0. The summed E-state index contributed by atoms with van der Waals surface area (Å²) >= 11 is 3.57. The van der Waals surface area contributed by atoms with Crippen molar-refractivity contribution in [2.75, 3.05) is 11.9 Å². The third kappa shape index (κ3) is 6.10. The Bertz CT molecular complexity index is 749. The number of nitrogens with one attached hydrogen (secondary N) is 1. The number of carbonyl (C=O) groups is 1. The number of anilines is 1. The van der Waals surface area contributed by atoms with Crippen LogP contribution in [0.25, 0.3) is 0 Å². The molecule has 27 heavy (non-hydrogen) atoms. The first-order valence-electron chi connectivity index (χ1n) is 9.79. The number of hydrogen-bond acceptors (Lipinski definition) is 2.